The van der Waals surface area contributed by atoms with Crippen molar-refractivity contribution in [2.24, 2.45) is 0 Å². The largest absolute Gasteiger partial charge is 0.482 e. The first-order valence-corrected chi connectivity index (χ1v) is 10.4. The van der Waals surface area contributed by atoms with E-state index in [1.165, 1.54) is 0 Å². The predicted molar refractivity (Wildman–Crippen MR) is 114 cm³/mol. The zero-order valence-electron chi connectivity index (χ0n) is 17.0. The maximum absolute atomic E-state index is 12.4. The number of para-hydroxylation sites is 2. The Bertz CT molecular complexity index is 878. The van der Waals surface area contributed by atoms with Crippen LogP contribution in [0.5, 0.6) is 5.75 Å². The lowest BCUT2D eigenvalue weighted by atomic mass is 10.1. The summed E-state index contributed by atoms with van der Waals surface area (Å²) in [5.74, 6) is 0.567. The molecule has 0 radical (unpaired) electrons. The SMILES string of the molecule is O=C(NCCCN1CCOCC1)c1ccc(CN2C(=O)COc3ccccc32)cc1. The number of nitrogens with one attached hydrogen (secondary N) is 1. The number of fused-ring (bicyclic) bond motifs is 1. The van der Waals surface area contributed by atoms with Gasteiger partial charge in [0.25, 0.3) is 11.8 Å². The zero-order valence-corrected chi connectivity index (χ0v) is 17.0. The van der Waals surface area contributed by atoms with Gasteiger partial charge in [0.1, 0.15) is 5.75 Å². The average Bonchev–Trinajstić information content (AvgIpc) is 2.79. The second kappa shape index (κ2) is 9.73. The number of ether oxygens (including phenoxy) is 2. The van der Waals surface area contributed by atoms with Gasteiger partial charge in [-0.05, 0) is 42.8 Å². The number of amides is 2. The molecule has 7 heteroatoms. The maximum Gasteiger partial charge on any atom is 0.265 e. The second-order valence-corrected chi connectivity index (χ2v) is 7.50. The van der Waals surface area contributed by atoms with Crippen LogP contribution in [0.4, 0.5) is 5.69 Å². The molecule has 2 aliphatic heterocycles. The molecule has 30 heavy (non-hydrogen) atoms. The van der Waals surface area contributed by atoms with Crippen molar-refractivity contribution in [3.63, 3.8) is 0 Å². The number of hydrogen-bond donors (Lipinski definition) is 1. The van der Waals surface area contributed by atoms with E-state index < -0.39 is 0 Å². The van der Waals surface area contributed by atoms with Gasteiger partial charge >= 0.3 is 0 Å². The highest BCUT2D eigenvalue weighted by atomic mass is 16.5. The Labute approximate surface area is 176 Å². The summed E-state index contributed by atoms with van der Waals surface area (Å²) < 4.78 is 10.8. The lowest BCUT2D eigenvalue weighted by Gasteiger charge is -2.29. The van der Waals surface area contributed by atoms with Gasteiger partial charge in [0.05, 0.1) is 25.4 Å². The molecule has 2 amide bonds. The minimum atomic E-state index is -0.0733. The number of benzene rings is 2. The molecular formula is C23H27N3O4. The highest BCUT2D eigenvalue weighted by molar-refractivity contribution is 5.98. The zero-order chi connectivity index (χ0) is 20.8. The van der Waals surface area contributed by atoms with Gasteiger partial charge in [-0.25, -0.2) is 0 Å². The first kappa shape index (κ1) is 20.4. The van der Waals surface area contributed by atoms with E-state index in [1.807, 2.05) is 48.5 Å². The molecule has 4 rings (SSSR count). The molecule has 0 spiro atoms. The summed E-state index contributed by atoms with van der Waals surface area (Å²) >= 11 is 0. The number of carbonyl (C=O) groups is 2. The molecule has 2 heterocycles. The molecule has 0 atom stereocenters. The van der Waals surface area contributed by atoms with Gasteiger partial charge in [-0.2, -0.15) is 0 Å². The third-order valence-electron chi connectivity index (χ3n) is 5.41. The Morgan fingerprint density at radius 2 is 1.80 bits per heavy atom. The molecule has 2 aromatic carbocycles. The van der Waals surface area contributed by atoms with E-state index in [2.05, 4.69) is 10.2 Å². The summed E-state index contributed by atoms with van der Waals surface area (Å²) in [7, 11) is 0. The molecule has 0 bridgehead atoms. The van der Waals surface area contributed by atoms with Gasteiger partial charge in [0, 0.05) is 25.2 Å². The summed E-state index contributed by atoms with van der Waals surface area (Å²) in [5, 5.41) is 2.98. The molecule has 0 saturated carbocycles. The molecule has 1 N–H and O–H groups in total. The number of morpholine rings is 1. The normalized spacial score (nSPS) is 16.7. The Balaban J connectivity index is 1.28. The number of nitrogens with zero attached hydrogens (tertiary/aromatic N) is 2. The van der Waals surface area contributed by atoms with E-state index in [0.29, 0.717) is 24.4 Å². The second-order valence-electron chi connectivity index (χ2n) is 7.50. The van der Waals surface area contributed by atoms with Crippen LogP contribution in [0.1, 0.15) is 22.3 Å². The third-order valence-corrected chi connectivity index (χ3v) is 5.41. The lowest BCUT2D eigenvalue weighted by molar-refractivity contribution is -0.121. The summed E-state index contributed by atoms with van der Waals surface area (Å²) in [6.45, 7) is 5.62. The van der Waals surface area contributed by atoms with Gasteiger partial charge in [-0.3, -0.25) is 14.5 Å². The smallest absolute Gasteiger partial charge is 0.265 e. The third kappa shape index (κ3) is 4.98. The van der Waals surface area contributed by atoms with Crippen molar-refractivity contribution in [3.8, 4) is 5.75 Å². The lowest BCUT2D eigenvalue weighted by Crippen LogP contribution is -2.38. The van der Waals surface area contributed by atoms with Crippen LogP contribution in [-0.2, 0) is 16.1 Å². The van der Waals surface area contributed by atoms with Crippen LogP contribution < -0.4 is 15.0 Å². The van der Waals surface area contributed by atoms with E-state index >= 15 is 0 Å². The first-order valence-electron chi connectivity index (χ1n) is 10.4. The summed E-state index contributed by atoms with van der Waals surface area (Å²) in [6.07, 6.45) is 0.919. The van der Waals surface area contributed by atoms with Crippen LogP contribution in [0.15, 0.2) is 48.5 Å². The van der Waals surface area contributed by atoms with Crippen LogP contribution in [0, 0.1) is 0 Å². The van der Waals surface area contributed by atoms with Crippen LogP contribution in [0.2, 0.25) is 0 Å². The van der Waals surface area contributed by atoms with Gasteiger partial charge in [0.2, 0.25) is 0 Å². The van der Waals surface area contributed by atoms with Crippen molar-refractivity contribution in [1.82, 2.24) is 10.2 Å². The number of hydrogen-bond acceptors (Lipinski definition) is 5. The molecule has 1 saturated heterocycles. The van der Waals surface area contributed by atoms with E-state index in [1.54, 1.807) is 4.90 Å². The number of rotatable bonds is 7. The predicted octanol–water partition coefficient (Wildman–Crippen LogP) is 2.06. The van der Waals surface area contributed by atoms with Crippen molar-refractivity contribution in [2.75, 3.05) is 50.9 Å². The standard InChI is InChI=1S/C23H27N3O4/c27-22-17-30-21-5-2-1-4-20(21)26(22)16-18-6-8-19(9-7-18)23(28)24-10-3-11-25-12-14-29-15-13-25/h1-2,4-9H,3,10-17H2,(H,24,28). The first-order chi connectivity index (χ1) is 14.7. The molecule has 0 aliphatic carbocycles. The molecule has 0 aromatic heterocycles. The van der Waals surface area contributed by atoms with Crippen molar-refractivity contribution in [2.45, 2.75) is 13.0 Å². The quantitative estimate of drug-likeness (QED) is 0.709. The number of anilines is 1. The fourth-order valence-electron chi connectivity index (χ4n) is 3.70. The van der Waals surface area contributed by atoms with Crippen molar-refractivity contribution >= 4 is 17.5 Å². The van der Waals surface area contributed by atoms with Crippen LogP contribution >= 0.6 is 0 Å². The van der Waals surface area contributed by atoms with Crippen molar-refractivity contribution in [3.05, 3.63) is 59.7 Å². The van der Waals surface area contributed by atoms with Gasteiger partial charge in [-0.15, -0.1) is 0 Å². The van der Waals surface area contributed by atoms with E-state index in [4.69, 9.17) is 9.47 Å². The molecule has 2 aromatic rings. The highest BCUT2D eigenvalue weighted by Gasteiger charge is 2.25. The van der Waals surface area contributed by atoms with Gasteiger partial charge < -0.3 is 19.7 Å². The molecule has 2 aliphatic rings. The summed E-state index contributed by atoms with van der Waals surface area (Å²) in [6, 6.07) is 14.9. The summed E-state index contributed by atoms with van der Waals surface area (Å²) in [5.41, 5.74) is 2.36. The number of carbonyl (C=O) groups excluding carboxylic acids is 2. The van der Waals surface area contributed by atoms with Crippen LogP contribution in [-0.4, -0.2) is 62.7 Å². The maximum atomic E-state index is 12.4. The molecule has 1 fully saturated rings. The molecule has 158 valence electrons. The average molecular weight is 409 g/mol. The van der Waals surface area contributed by atoms with Crippen molar-refractivity contribution < 1.29 is 19.1 Å². The Hall–Kier alpha value is -2.90. The monoisotopic (exact) mass is 409 g/mol. The topological polar surface area (TPSA) is 71.1 Å². The fourth-order valence-corrected chi connectivity index (χ4v) is 3.70. The van der Waals surface area contributed by atoms with Crippen molar-refractivity contribution in [1.29, 1.82) is 0 Å². The molecule has 7 nitrogen and oxygen atoms in total. The van der Waals surface area contributed by atoms with E-state index in [-0.39, 0.29) is 18.4 Å². The summed E-state index contributed by atoms with van der Waals surface area (Å²) in [4.78, 5) is 28.8. The minimum absolute atomic E-state index is 0.0436. The van der Waals surface area contributed by atoms with E-state index in [0.717, 1.165) is 50.5 Å². The minimum Gasteiger partial charge on any atom is -0.482 e. The Morgan fingerprint density at radius 1 is 1.03 bits per heavy atom. The van der Waals surface area contributed by atoms with Crippen LogP contribution in [0.3, 0.4) is 0 Å². The van der Waals surface area contributed by atoms with Gasteiger partial charge in [-0.1, -0.05) is 24.3 Å². The highest BCUT2D eigenvalue weighted by Crippen LogP contribution is 2.32. The fraction of sp³-hybridized carbons (Fsp3) is 0.391. The van der Waals surface area contributed by atoms with Crippen LogP contribution in [0.25, 0.3) is 0 Å². The van der Waals surface area contributed by atoms with E-state index in [9.17, 15) is 9.59 Å². The Morgan fingerprint density at radius 3 is 2.60 bits per heavy atom. The van der Waals surface area contributed by atoms with Gasteiger partial charge in [0.15, 0.2) is 6.61 Å². The molecular weight excluding hydrogens is 382 g/mol. The molecule has 0 unspecified atom stereocenters. The Kier molecular flexibility index (Phi) is 6.61.